The largest absolute Gasteiger partial charge is 0.417 e. The number of aromatic nitrogens is 2. The average Bonchev–Trinajstić information content (AvgIpc) is 2.66. The van der Waals surface area contributed by atoms with Crippen LogP contribution in [0.5, 0.6) is 0 Å². The quantitative estimate of drug-likeness (QED) is 0.525. The highest BCUT2D eigenvalue weighted by atomic mass is 35.5. The third-order valence-corrected chi connectivity index (χ3v) is 4.36. The van der Waals surface area contributed by atoms with E-state index >= 15 is 0 Å². The zero-order valence-electron chi connectivity index (χ0n) is 14.5. The van der Waals surface area contributed by atoms with E-state index in [0.717, 1.165) is 12.1 Å². The molecule has 0 unspecified atom stereocenters. The topological polar surface area (TPSA) is 110 Å². The lowest BCUT2D eigenvalue weighted by atomic mass is 10.1. The van der Waals surface area contributed by atoms with Gasteiger partial charge in [-0.25, -0.2) is 9.97 Å². The van der Waals surface area contributed by atoms with Crippen LogP contribution < -0.4 is 16.4 Å². The van der Waals surface area contributed by atoms with Crippen LogP contribution in [0.2, 0.25) is 5.02 Å². The van der Waals surface area contributed by atoms with Gasteiger partial charge in [0, 0.05) is 17.6 Å². The number of anilines is 2. The van der Waals surface area contributed by atoms with Crippen LogP contribution in [0.15, 0.2) is 36.7 Å². The van der Waals surface area contributed by atoms with Crippen LogP contribution in [0, 0.1) is 0 Å². The number of primary amides is 1. The van der Waals surface area contributed by atoms with Crippen LogP contribution >= 0.6 is 11.6 Å². The van der Waals surface area contributed by atoms with Gasteiger partial charge in [0.05, 0.1) is 21.7 Å². The van der Waals surface area contributed by atoms with Crippen LogP contribution in [0.25, 0.3) is 10.9 Å². The van der Waals surface area contributed by atoms with E-state index in [9.17, 15) is 22.8 Å². The number of halogens is 4. The molecule has 0 radical (unpaired) electrons. The van der Waals surface area contributed by atoms with Crippen molar-refractivity contribution < 1.29 is 22.8 Å². The number of nitrogens with two attached hydrogens (primary N) is 1. The maximum atomic E-state index is 13.0. The first-order valence-corrected chi connectivity index (χ1v) is 8.46. The van der Waals surface area contributed by atoms with Crippen LogP contribution in [-0.4, -0.2) is 22.3 Å². The van der Waals surface area contributed by atoms with Gasteiger partial charge < -0.3 is 16.4 Å². The van der Waals surface area contributed by atoms with E-state index in [1.807, 2.05) is 0 Å². The molecule has 0 atom stereocenters. The lowest BCUT2D eigenvalue weighted by molar-refractivity contribution is -0.137. The molecule has 4 N–H and O–H groups in total. The molecule has 29 heavy (non-hydrogen) atoms. The lowest BCUT2D eigenvalue weighted by Gasteiger charge is -2.13. The Morgan fingerprint density at radius 1 is 1.21 bits per heavy atom. The number of benzene rings is 2. The van der Waals surface area contributed by atoms with E-state index in [-0.39, 0.29) is 29.1 Å². The van der Waals surface area contributed by atoms with Crippen molar-refractivity contribution >= 4 is 46.3 Å². The van der Waals surface area contributed by atoms with Gasteiger partial charge in [0.2, 0.25) is 6.41 Å². The fraction of sp³-hybridized carbons (Fsp3) is 0.111. The molecule has 3 aromatic rings. The van der Waals surface area contributed by atoms with Gasteiger partial charge in [0.15, 0.2) is 0 Å². The Labute approximate surface area is 167 Å². The van der Waals surface area contributed by atoms with Gasteiger partial charge >= 0.3 is 6.18 Å². The standard InChI is InChI=1S/C18H13ClF3N5O2/c19-14-2-1-9(3-13(14)18(20,21)22)6-24-17-12-5-10(27-8-28)4-11(16(23)29)15(12)25-7-26-17/h1-5,7-8H,6H2,(H2,23,29)(H,27,28)(H,24,25,26). The molecule has 1 aromatic heterocycles. The Kier molecular flexibility index (Phi) is 5.55. The summed E-state index contributed by atoms with van der Waals surface area (Å²) in [4.78, 5) is 30.6. The first-order valence-electron chi connectivity index (χ1n) is 8.09. The number of carbonyl (C=O) groups is 2. The van der Waals surface area contributed by atoms with Crippen molar-refractivity contribution in [3.63, 3.8) is 0 Å². The van der Waals surface area contributed by atoms with E-state index in [4.69, 9.17) is 17.3 Å². The molecule has 150 valence electrons. The van der Waals surface area contributed by atoms with E-state index in [0.29, 0.717) is 17.4 Å². The molecule has 0 aliphatic heterocycles. The highest BCUT2D eigenvalue weighted by Crippen LogP contribution is 2.35. The fourth-order valence-corrected chi connectivity index (χ4v) is 2.96. The maximum Gasteiger partial charge on any atom is 0.417 e. The second-order valence-electron chi connectivity index (χ2n) is 5.93. The van der Waals surface area contributed by atoms with Crippen molar-refractivity contribution in [2.45, 2.75) is 12.7 Å². The number of alkyl halides is 3. The summed E-state index contributed by atoms with van der Waals surface area (Å²) in [5.74, 6) is -0.516. The van der Waals surface area contributed by atoms with Crippen LogP contribution in [-0.2, 0) is 17.5 Å². The van der Waals surface area contributed by atoms with E-state index in [1.54, 1.807) is 0 Å². The summed E-state index contributed by atoms with van der Waals surface area (Å²) in [6.07, 6.45) is -2.97. The van der Waals surface area contributed by atoms with E-state index in [2.05, 4.69) is 20.6 Å². The fourth-order valence-electron chi connectivity index (χ4n) is 2.73. The second-order valence-corrected chi connectivity index (χ2v) is 6.34. The van der Waals surface area contributed by atoms with Crippen LogP contribution in [0.4, 0.5) is 24.7 Å². The van der Waals surface area contributed by atoms with Crippen molar-refractivity contribution in [1.82, 2.24) is 9.97 Å². The van der Waals surface area contributed by atoms with Gasteiger partial charge in [-0.15, -0.1) is 0 Å². The molecular weight excluding hydrogens is 411 g/mol. The predicted molar refractivity (Wildman–Crippen MR) is 102 cm³/mol. The highest BCUT2D eigenvalue weighted by molar-refractivity contribution is 6.31. The number of nitrogens with one attached hydrogen (secondary N) is 2. The Morgan fingerprint density at radius 2 is 1.97 bits per heavy atom. The van der Waals surface area contributed by atoms with Crippen LogP contribution in [0.1, 0.15) is 21.5 Å². The van der Waals surface area contributed by atoms with Gasteiger partial charge in [0.1, 0.15) is 12.1 Å². The Hall–Kier alpha value is -3.40. The van der Waals surface area contributed by atoms with E-state index in [1.165, 1.54) is 24.5 Å². The Morgan fingerprint density at radius 3 is 2.62 bits per heavy atom. The molecule has 2 aromatic carbocycles. The third kappa shape index (κ3) is 4.37. The summed E-state index contributed by atoms with van der Waals surface area (Å²) in [6.45, 7) is -0.0103. The summed E-state index contributed by atoms with van der Waals surface area (Å²) in [5.41, 5.74) is 5.32. The molecule has 0 aliphatic rings. The first-order chi connectivity index (χ1) is 13.7. The number of rotatable bonds is 6. The van der Waals surface area contributed by atoms with Gasteiger partial charge in [0.25, 0.3) is 5.91 Å². The zero-order valence-corrected chi connectivity index (χ0v) is 15.3. The molecule has 3 rings (SSSR count). The van der Waals surface area contributed by atoms with Gasteiger partial charge in [-0.1, -0.05) is 17.7 Å². The summed E-state index contributed by atoms with van der Waals surface area (Å²) < 4.78 is 39.1. The van der Waals surface area contributed by atoms with Crippen LogP contribution in [0.3, 0.4) is 0 Å². The highest BCUT2D eigenvalue weighted by Gasteiger charge is 2.33. The number of carbonyl (C=O) groups excluding carboxylic acids is 2. The third-order valence-electron chi connectivity index (χ3n) is 4.03. The van der Waals surface area contributed by atoms with Gasteiger partial charge in [-0.2, -0.15) is 13.2 Å². The second kappa shape index (κ2) is 7.92. The smallest absolute Gasteiger partial charge is 0.366 e. The molecule has 1 heterocycles. The minimum Gasteiger partial charge on any atom is -0.366 e. The number of nitrogens with zero attached hydrogens (tertiary/aromatic N) is 2. The number of amides is 2. The molecule has 2 amide bonds. The normalized spacial score (nSPS) is 11.3. The van der Waals surface area contributed by atoms with Gasteiger partial charge in [-0.3, -0.25) is 9.59 Å². The molecule has 0 fully saturated rings. The lowest BCUT2D eigenvalue weighted by Crippen LogP contribution is -2.13. The molecule has 0 spiro atoms. The SMILES string of the molecule is NC(=O)c1cc(NC=O)cc2c(NCc3ccc(Cl)c(C(F)(F)F)c3)ncnc12. The average molecular weight is 424 g/mol. The summed E-state index contributed by atoms with van der Waals surface area (Å²) in [6, 6.07) is 6.43. The number of hydrogen-bond donors (Lipinski definition) is 3. The molecule has 0 bridgehead atoms. The monoisotopic (exact) mass is 423 g/mol. The molecule has 11 heteroatoms. The Balaban J connectivity index is 1.99. The number of hydrogen-bond acceptors (Lipinski definition) is 5. The van der Waals surface area contributed by atoms with E-state index < -0.39 is 22.7 Å². The molecule has 0 saturated heterocycles. The van der Waals surface area contributed by atoms with Crippen molar-refractivity contribution in [3.8, 4) is 0 Å². The zero-order chi connectivity index (χ0) is 21.2. The van der Waals surface area contributed by atoms with Crippen molar-refractivity contribution in [2.75, 3.05) is 10.6 Å². The summed E-state index contributed by atoms with van der Waals surface area (Å²) in [5, 5.41) is 5.28. The number of fused-ring (bicyclic) bond motifs is 1. The summed E-state index contributed by atoms with van der Waals surface area (Å²) in [7, 11) is 0. The van der Waals surface area contributed by atoms with Gasteiger partial charge in [-0.05, 0) is 29.8 Å². The predicted octanol–water partition coefficient (Wildman–Crippen LogP) is 3.58. The summed E-state index contributed by atoms with van der Waals surface area (Å²) >= 11 is 5.63. The minimum absolute atomic E-state index is 0.0103. The first kappa shape index (κ1) is 20.3. The van der Waals surface area contributed by atoms with Crippen molar-refractivity contribution in [1.29, 1.82) is 0 Å². The maximum absolute atomic E-state index is 13.0. The van der Waals surface area contributed by atoms with Crippen molar-refractivity contribution in [2.24, 2.45) is 5.73 Å². The molecule has 0 aliphatic carbocycles. The minimum atomic E-state index is -4.58. The Bertz CT molecular complexity index is 1100. The van der Waals surface area contributed by atoms with Crippen molar-refractivity contribution in [3.05, 3.63) is 58.4 Å². The molecule has 7 nitrogen and oxygen atoms in total. The molecule has 0 saturated carbocycles. The molecular formula is C18H13ClF3N5O2.